The first-order valence-electron chi connectivity index (χ1n) is 12.4. The second-order valence-corrected chi connectivity index (χ2v) is 11.2. The summed E-state index contributed by atoms with van der Waals surface area (Å²) in [5.74, 6) is -0.0317. The Morgan fingerprint density at radius 2 is 1.62 bits per heavy atom. The SMILES string of the molecule is CC(C)c1ccccc1OC(=O)c1cc2ccccc2c(-c2c(C(C)(C)C)[nH]c3cc(Cl)ccc23)c1O. The van der Waals surface area contributed by atoms with E-state index in [1.54, 1.807) is 12.1 Å². The van der Waals surface area contributed by atoms with E-state index >= 15 is 0 Å². The van der Waals surface area contributed by atoms with Gasteiger partial charge in [0.25, 0.3) is 0 Å². The normalized spacial score (nSPS) is 12.0. The van der Waals surface area contributed by atoms with Crippen molar-refractivity contribution < 1.29 is 14.6 Å². The summed E-state index contributed by atoms with van der Waals surface area (Å²) in [6.45, 7) is 10.4. The van der Waals surface area contributed by atoms with E-state index < -0.39 is 5.97 Å². The number of phenolic OH excluding ortho intramolecular Hbond substituents is 1. The Hall–Kier alpha value is -3.76. The Kier molecular flexibility index (Phi) is 6.25. The number of nitrogens with one attached hydrogen (secondary N) is 1. The molecular weight excluding hydrogens is 482 g/mol. The summed E-state index contributed by atoms with van der Waals surface area (Å²) in [7, 11) is 0. The average Bonchev–Trinajstić information content (AvgIpc) is 3.22. The summed E-state index contributed by atoms with van der Waals surface area (Å²) in [5, 5.41) is 15.0. The number of hydrogen-bond donors (Lipinski definition) is 2. The number of rotatable bonds is 4. The predicted molar refractivity (Wildman–Crippen MR) is 152 cm³/mol. The van der Waals surface area contributed by atoms with Crippen LogP contribution in [0.15, 0.2) is 72.8 Å². The van der Waals surface area contributed by atoms with E-state index in [0.29, 0.717) is 16.3 Å². The fourth-order valence-corrected chi connectivity index (χ4v) is 5.11. The molecule has 0 aliphatic rings. The summed E-state index contributed by atoms with van der Waals surface area (Å²) in [6.07, 6.45) is 0. The number of carbonyl (C=O) groups excluding carboxylic acids is 1. The quantitative estimate of drug-likeness (QED) is 0.187. The monoisotopic (exact) mass is 511 g/mol. The number of aromatic nitrogens is 1. The fourth-order valence-electron chi connectivity index (χ4n) is 4.94. The number of hydrogen-bond acceptors (Lipinski definition) is 3. The third-order valence-electron chi connectivity index (χ3n) is 6.75. The fraction of sp³-hybridized carbons (Fsp3) is 0.219. The minimum Gasteiger partial charge on any atom is -0.506 e. The van der Waals surface area contributed by atoms with Crippen molar-refractivity contribution in [2.75, 3.05) is 0 Å². The lowest BCUT2D eigenvalue weighted by Gasteiger charge is -2.22. The number of benzene rings is 4. The third kappa shape index (κ3) is 4.47. The molecule has 2 N–H and O–H groups in total. The van der Waals surface area contributed by atoms with Crippen LogP contribution in [0.1, 0.15) is 62.2 Å². The maximum Gasteiger partial charge on any atom is 0.347 e. The Balaban J connectivity index is 1.78. The van der Waals surface area contributed by atoms with E-state index in [1.807, 2.05) is 60.7 Å². The first kappa shape index (κ1) is 24.9. The van der Waals surface area contributed by atoms with Crippen LogP contribution >= 0.6 is 11.6 Å². The predicted octanol–water partition coefficient (Wildman–Crippen LogP) is 8.99. The van der Waals surface area contributed by atoms with Crippen LogP contribution in [-0.2, 0) is 5.41 Å². The highest BCUT2D eigenvalue weighted by atomic mass is 35.5. The molecule has 0 amide bonds. The zero-order valence-electron chi connectivity index (χ0n) is 21.6. The third-order valence-corrected chi connectivity index (χ3v) is 6.98. The first-order valence-corrected chi connectivity index (χ1v) is 12.8. The molecule has 5 rings (SSSR count). The standard InChI is InChI=1S/C32H30ClNO3/c1-18(2)21-11-8-9-13-26(21)37-31(36)24-16-19-10-6-7-12-22(19)27(29(24)35)28-23-15-14-20(33)17-25(23)34-30(28)32(3,4)5/h6-18,34-35H,1-5H3. The molecule has 5 heteroatoms. The van der Waals surface area contributed by atoms with E-state index in [1.165, 1.54) is 0 Å². The molecule has 1 heterocycles. The lowest BCUT2D eigenvalue weighted by Crippen LogP contribution is -2.14. The molecule has 4 nitrogen and oxygen atoms in total. The van der Waals surface area contributed by atoms with Crippen LogP contribution < -0.4 is 4.74 Å². The molecule has 0 fully saturated rings. The van der Waals surface area contributed by atoms with Gasteiger partial charge in [-0.1, -0.05) is 94.8 Å². The first-order chi connectivity index (χ1) is 17.6. The van der Waals surface area contributed by atoms with Crippen LogP contribution in [-0.4, -0.2) is 16.1 Å². The summed E-state index contributed by atoms with van der Waals surface area (Å²) < 4.78 is 5.87. The van der Waals surface area contributed by atoms with Crippen molar-refractivity contribution in [3.63, 3.8) is 0 Å². The van der Waals surface area contributed by atoms with Crippen molar-refractivity contribution in [1.82, 2.24) is 4.98 Å². The Morgan fingerprint density at radius 3 is 2.35 bits per heavy atom. The van der Waals surface area contributed by atoms with Crippen molar-refractivity contribution in [2.45, 2.75) is 46.0 Å². The molecule has 0 saturated heterocycles. The zero-order valence-corrected chi connectivity index (χ0v) is 22.4. The molecule has 0 saturated carbocycles. The second-order valence-electron chi connectivity index (χ2n) is 10.8. The van der Waals surface area contributed by atoms with Crippen LogP contribution in [0.25, 0.3) is 32.8 Å². The number of esters is 1. The summed E-state index contributed by atoms with van der Waals surface area (Å²) in [5.41, 5.74) is 4.04. The van der Waals surface area contributed by atoms with E-state index in [0.717, 1.165) is 38.5 Å². The molecular formula is C32H30ClNO3. The van der Waals surface area contributed by atoms with Crippen molar-refractivity contribution in [2.24, 2.45) is 0 Å². The van der Waals surface area contributed by atoms with E-state index in [9.17, 15) is 9.90 Å². The number of phenols is 1. The summed E-state index contributed by atoms with van der Waals surface area (Å²) in [4.78, 5) is 17.1. The number of fused-ring (bicyclic) bond motifs is 2. The van der Waals surface area contributed by atoms with Gasteiger partial charge >= 0.3 is 5.97 Å². The number of H-pyrrole nitrogens is 1. The molecule has 0 spiro atoms. The summed E-state index contributed by atoms with van der Waals surface area (Å²) >= 11 is 6.32. The van der Waals surface area contributed by atoms with Gasteiger partial charge in [-0.25, -0.2) is 4.79 Å². The molecule has 188 valence electrons. The van der Waals surface area contributed by atoms with E-state index in [2.05, 4.69) is 39.6 Å². The highest BCUT2D eigenvalue weighted by Gasteiger charge is 2.29. The van der Waals surface area contributed by atoms with Gasteiger partial charge in [0, 0.05) is 38.2 Å². The Bertz CT molecular complexity index is 1660. The maximum atomic E-state index is 13.6. The minimum absolute atomic E-state index is 0.105. The van der Waals surface area contributed by atoms with Gasteiger partial charge in [-0.15, -0.1) is 0 Å². The van der Waals surface area contributed by atoms with Crippen LogP contribution in [0, 0.1) is 0 Å². The van der Waals surface area contributed by atoms with E-state index in [4.69, 9.17) is 16.3 Å². The molecule has 0 bridgehead atoms. The lowest BCUT2D eigenvalue weighted by atomic mass is 9.84. The largest absolute Gasteiger partial charge is 0.506 e. The number of aromatic hydroxyl groups is 1. The second kappa shape index (κ2) is 9.28. The Morgan fingerprint density at radius 1 is 0.919 bits per heavy atom. The molecule has 0 unspecified atom stereocenters. The molecule has 37 heavy (non-hydrogen) atoms. The van der Waals surface area contributed by atoms with Crippen LogP contribution in [0.3, 0.4) is 0 Å². The maximum absolute atomic E-state index is 13.6. The molecule has 0 atom stereocenters. The molecule has 0 aliphatic heterocycles. The topological polar surface area (TPSA) is 62.3 Å². The molecule has 0 aliphatic carbocycles. The highest BCUT2D eigenvalue weighted by Crippen LogP contribution is 2.47. The minimum atomic E-state index is -0.599. The molecule has 5 aromatic rings. The average molecular weight is 512 g/mol. The van der Waals surface area contributed by atoms with Gasteiger partial charge in [-0.05, 0) is 46.5 Å². The lowest BCUT2D eigenvalue weighted by molar-refractivity contribution is 0.0730. The van der Waals surface area contributed by atoms with Gasteiger partial charge in [0.1, 0.15) is 17.1 Å². The number of carbonyl (C=O) groups is 1. The van der Waals surface area contributed by atoms with Gasteiger partial charge in [0.15, 0.2) is 0 Å². The van der Waals surface area contributed by atoms with Crippen molar-refractivity contribution in [1.29, 1.82) is 0 Å². The number of halogens is 1. The smallest absolute Gasteiger partial charge is 0.347 e. The molecule has 1 aromatic heterocycles. The van der Waals surface area contributed by atoms with Gasteiger partial charge in [-0.3, -0.25) is 0 Å². The van der Waals surface area contributed by atoms with Crippen LogP contribution in [0.5, 0.6) is 11.5 Å². The molecule has 4 aromatic carbocycles. The van der Waals surface area contributed by atoms with Gasteiger partial charge < -0.3 is 14.8 Å². The Labute approximate surface area is 221 Å². The number of para-hydroxylation sites is 1. The van der Waals surface area contributed by atoms with Crippen molar-refractivity contribution in [3.05, 3.63) is 94.6 Å². The van der Waals surface area contributed by atoms with E-state index in [-0.39, 0.29) is 22.6 Å². The zero-order chi connectivity index (χ0) is 26.5. The number of ether oxygens (including phenoxy) is 1. The van der Waals surface area contributed by atoms with Gasteiger partial charge in [-0.2, -0.15) is 0 Å². The van der Waals surface area contributed by atoms with Crippen LogP contribution in [0.2, 0.25) is 5.02 Å². The summed E-state index contributed by atoms with van der Waals surface area (Å²) in [6, 6.07) is 22.7. The van der Waals surface area contributed by atoms with Crippen molar-refractivity contribution in [3.8, 4) is 22.6 Å². The number of aromatic amines is 1. The van der Waals surface area contributed by atoms with Gasteiger partial charge in [0.2, 0.25) is 0 Å². The van der Waals surface area contributed by atoms with Crippen molar-refractivity contribution >= 4 is 39.2 Å². The highest BCUT2D eigenvalue weighted by molar-refractivity contribution is 6.31. The van der Waals surface area contributed by atoms with Gasteiger partial charge in [0.05, 0.1) is 0 Å². The van der Waals surface area contributed by atoms with Crippen LogP contribution in [0.4, 0.5) is 0 Å². The molecule has 0 radical (unpaired) electrons.